The first-order chi connectivity index (χ1) is 9.96. The predicted molar refractivity (Wildman–Crippen MR) is 84.9 cm³/mol. The number of benzene rings is 1. The van der Waals surface area contributed by atoms with Gasteiger partial charge in [-0.1, -0.05) is 29.3 Å². The summed E-state index contributed by atoms with van der Waals surface area (Å²) in [4.78, 5) is 13.8. The van der Waals surface area contributed by atoms with E-state index in [1.54, 1.807) is 0 Å². The van der Waals surface area contributed by atoms with Crippen molar-refractivity contribution in [2.45, 2.75) is 20.3 Å². The molecule has 0 saturated carbocycles. The van der Waals surface area contributed by atoms with Gasteiger partial charge < -0.3 is 10.2 Å². The summed E-state index contributed by atoms with van der Waals surface area (Å²) in [5, 5.41) is 2.98. The second kappa shape index (κ2) is 5.44. The van der Waals surface area contributed by atoms with Crippen molar-refractivity contribution in [1.82, 2.24) is 10.2 Å². The molecule has 1 spiro atoms. The minimum Gasteiger partial charge on any atom is -0.338 e. The van der Waals surface area contributed by atoms with Gasteiger partial charge in [-0.25, -0.2) is 4.79 Å². The first-order valence-electron chi connectivity index (χ1n) is 7.41. The summed E-state index contributed by atoms with van der Waals surface area (Å²) in [5.74, 6) is 1.55. The van der Waals surface area contributed by atoms with Crippen molar-refractivity contribution in [2.24, 2.45) is 5.41 Å². The average Bonchev–Trinajstić information content (AvgIpc) is 2.30. The highest BCUT2D eigenvalue weighted by atomic mass is 32.2. The average molecular weight is 306 g/mol. The second-order valence-electron chi connectivity index (χ2n) is 6.56. The maximum atomic E-state index is 12.0. The summed E-state index contributed by atoms with van der Waals surface area (Å²) in [6.45, 7) is 6.40. The van der Waals surface area contributed by atoms with Gasteiger partial charge in [0.15, 0.2) is 0 Å². The van der Waals surface area contributed by atoms with Crippen molar-refractivity contribution >= 4 is 16.8 Å². The standard InChI is InChI=1S/C16H22N2O2S/c1-12-5-13(2)7-14(6-12)3-4-17-15(19)18-8-16(9-18)10-21(20)11-16/h5-7H,3-4,8-11H2,1-2H3,(H,17,19). The van der Waals surface area contributed by atoms with Gasteiger partial charge in [0, 0.05) is 47.4 Å². The van der Waals surface area contributed by atoms with Gasteiger partial charge in [-0.05, 0) is 25.8 Å². The van der Waals surface area contributed by atoms with Crippen LogP contribution in [0.1, 0.15) is 16.7 Å². The number of urea groups is 1. The molecule has 2 aliphatic rings. The molecule has 2 heterocycles. The Kier molecular flexibility index (Phi) is 3.78. The van der Waals surface area contributed by atoms with Crippen molar-refractivity contribution in [3.05, 3.63) is 34.9 Å². The quantitative estimate of drug-likeness (QED) is 0.922. The number of hydrogen-bond acceptors (Lipinski definition) is 2. The number of amides is 2. The summed E-state index contributed by atoms with van der Waals surface area (Å²) in [6.07, 6.45) is 0.858. The Bertz CT molecular complexity index is 564. The van der Waals surface area contributed by atoms with Crippen LogP contribution in [0.4, 0.5) is 4.79 Å². The number of rotatable bonds is 3. The van der Waals surface area contributed by atoms with E-state index in [0.717, 1.165) is 31.0 Å². The minimum atomic E-state index is -0.631. The number of aryl methyl sites for hydroxylation is 2. The lowest BCUT2D eigenvalue weighted by molar-refractivity contribution is 0.0580. The molecule has 4 nitrogen and oxygen atoms in total. The van der Waals surface area contributed by atoms with E-state index in [1.807, 2.05) is 4.90 Å². The van der Waals surface area contributed by atoms with E-state index in [-0.39, 0.29) is 11.4 Å². The molecular formula is C16H22N2O2S. The van der Waals surface area contributed by atoms with Gasteiger partial charge in [0.2, 0.25) is 0 Å². The van der Waals surface area contributed by atoms with Crippen LogP contribution in [-0.2, 0) is 17.2 Å². The fraction of sp³-hybridized carbons (Fsp3) is 0.562. The van der Waals surface area contributed by atoms with E-state index in [4.69, 9.17) is 0 Å². The maximum Gasteiger partial charge on any atom is 0.317 e. The minimum absolute atomic E-state index is 0.0164. The zero-order chi connectivity index (χ0) is 15.0. The van der Waals surface area contributed by atoms with E-state index >= 15 is 0 Å². The second-order valence-corrected chi connectivity index (χ2v) is 8.02. The van der Waals surface area contributed by atoms with Crippen LogP contribution in [-0.4, -0.2) is 46.3 Å². The summed E-state index contributed by atoms with van der Waals surface area (Å²) < 4.78 is 11.2. The highest BCUT2D eigenvalue weighted by Gasteiger charge is 2.53. The van der Waals surface area contributed by atoms with Crippen LogP contribution in [0.3, 0.4) is 0 Å². The van der Waals surface area contributed by atoms with E-state index in [1.165, 1.54) is 16.7 Å². The Balaban J connectivity index is 1.42. The Hall–Kier alpha value is -1.36. The number of nitrogens with one attached hydrogen (secondary N) is 1. The molecular weight excluding hydrogens is 284 g/mol. The zero-order valence-electron chi connectivity index (χ0n) is 12.6. The molecule has 1 aromatic carbocycles. The molecule has 0 bridgehead atoms. The Labute approximate surface area is 128 Å². The highest BCUT2D eigenvalue weighted by molar-refractivity contribution is 7.86. The van der Waals surface area contributed by atoms with Crippen LogP contribution in [0.15, 0.2) is 18.2 Å². The Morgan fingerprint density at radius 1 is 1.24 bits per heavy atom. The largest absolute Gasteiger partial charge is 0.338 e. The molecule has 2 saturated heterocycles. The van der Waals surface area contributed by atoms with Crippen LogP contribution in [0.5, 0.6) is 0 Å². The molecule has 0 radical (unpaired) electrons. The molecule has 1 aromatic rings. The molecule has 1 N–H and O–H groups in total. The van der Waals surface area contributed by atoms with Gasteiger partial charge in [-0.3, -0.25) is 4.21 Å². The molecule has 0 unspecified atom stereocenters. The van der Waals surface area contributed by atoms with Gasteiger partial charge in [0.1, 0.15) is 0 Å². The van der Waals surface area contributed by atoms with E-state index in [0.29, 0.717) is 6.54 Å². The fourth-order valence-electron chi connectivity index (χ4n) is 3.37. The molecule has 2 aliphatic heterocycles. The van der Waals surface area contributed by atoms with Crippen LogP contribution in [0.2, 0.25) is 0 Å². The molecule has 0 atom stereocenters. The van der Waals surface area contributed by atoms with Crippen molar-refractivity contribution < 1.29 is 9.00 Å². The van der Waals surface area contributed by atoms with Crippen LogP contribution < -0.4 is 5.32 Å². The number of hydrogen-bond donors (Lipinski definition) is 1. The van der Waals surface area contributed by atoms with Crippen LogP contribution >= 0.6 is 0 Å². The first-order valence-corrected chi connectivity index (χ1v) is 8.90. The molecule has 0 aromatic heterocycles. The molecule has 0 aliphatic carbocycles. The summed E-state index contributed by atoms with van der Waals surface area (Å²) in [7, 11) is -0.631. The third-order valence-corrected chi connectivity index (χ3v) is 6.11. The maximum absolute atomic E-state index is 12.0. The van der Waals surface area contributed by atoms with E-state index in [9.17, 15) is 9.00 Å². The van der Waals surface area contributed by atoms with Crippen molar-refractivity contribution in [3.8, 4) is 0 Å². The van der Waals surface area contributed by atoms with E-state index in [2.05, 4.69) is 37.4 Å². The third-order valence-electron chi connectivity index (χ3n) is 4.25. The Morgan fingerprint density at radius 2 is 1.86 bits per heavy atom. The first kappa shape index (κ1) is 14.6. The van der Waals surface area contributed by atoms with Gasteiger partial charge in [0.05, 0.1) is 0 Å². The van der Waals surface area contributed by atoms with Crippen molar-refractivity contribution in [2.75, 3.05) is 31.1 Å². The lowest BCUT2D eigenvalue weighted by Crippen LogP contribution is -2.69. The van der Waals surface area contributed by atoms with Gasteiger partial charge in [-0.15, -0.1) is 0 Å². The normalized spacial score (nSPS) is 20.0. The number of carbonyl (C=O) groups is 1. The summed E-state index contributed by atoms with van der Waals surface area (Å²) >= 11 is 0. The van der Waals surface area contributed by atoms with Gasteiger partial charge in [-0.2, -0.15) is 0 Å². The van der Waals surface area contributed by atoms with Crippen LogP contribution in [0, 0.1) is 19.3 Å². The SMILES string of the molecule is Cc1cc(C)cc(CCNC(=O)N2CC3(C2)CS(=O)C3)c1. The van der Waals surface area contributed by atoms with E-state index < -0.39 is 10.8 Å². The third kappa shape index (κ3) is 3.12. The molecule has 114 valence electrons. The monoisotopic (exact) mass is 306 g/mol. The topological polar surface area (TPSA) is 49.4 Å². The summed E-state index contributed by atoms with van der Waals surface area (Å²) in [6, 6.07) is 6.51. The molecule has 5 heteroatoms. The summed E-state index contributed by atoms with van der Waals surface area (Å²) in [5.41, 5.74) is 3.98. The lowest BCUT2D eigenvalue weighted by atomic mass is 9.83. The number of carbonyl (C=O) groups excluding carboxylic acids is 1. The Morgan fingerprint density at radius 3 is 2.43 bits per heavy atom. The highest BCUT2D eigenvalue weighted by Crippen LogP contribution is 2.39. The van der Waals surface area contributed by atoms with Crippen molar-refractivity contribution in [3.63, 3.8) is 0 Å². The molecule has 3 rings (SSSR count). The molecule has 21 heavy (non-hydrogen) atoms. The number of likely N-dealkylation sites (tertiary alicyclic amines) is 1. The smallest absolute Gasteiger partial charge is 0.317 e. The molecule has 2 amide bonds. The molecule has 2 fully saturated rings. The lowest BCUT2D eigenvalue weighted by Gasteiger charge is -2.54. The van der Waals surface area contributed by atoms with Crippen LogP contribution in [0.25, 0.3) is 0 Å². The predicted octanol–water partition coefficient (Wildman–Crippen LogP) is 1.62. The van der Waals surface area contributed by atoms with Crippen molar-refractivity contribution in [1.29, 1.82) is 0 Å². The van der Waals surface area contributed by atoms with Gasteiger partial charge in [0.25, 0.3) is 0 Å². The van der Waals surface area contributed by atoms with Gasteiger partial charge >= 0.3 is 6.03 Å². The zero-order valence-corrected chi connectivity index (χ0v) is 13.5. The number of nitrogens with zero attached hydrogens (tertiary/aromatic N) is 1. The fourth-order valence-corrected chi connectivity index (χ4v) is 5.02.